The minimum atomic E-state index is -0.760. The number of rotatable bonds is 10. The highest BCUT2D eigenvalue weighted by Gasteiger charge is 2.38. The third-order valence-corrected chi connectivity index (χ3v) is 8.38. The van der Waals surface area contributed by atoms with Crippen LogP contribution in [0, 0.1) is 0 Å². The number of amides is 4. The Kier molecular flexibility index (Phi) is 8.90. The lowest BCUT2D eigenvalue weighted by Gasteiger charge is -2.38. The highest BCUT2D eigenvalue weighted by molar-refractivity contribution is 6.02. The summed E-state index contributed by atoms with van der Waals surface area (Å²) < 4.78 is 0. The maximum absolute atomic E-state index is 13.6. The number of unbranched alkanes of at least 4 members (excludes halogenated alkanes) is 1. The summed E-state index contributed by atoms with van der Waals surface area (Å²) in [6, 6.07) is 14.3. The predicted molar refractivity (Wildman–Crippen MR) is 161 cm³/mol. The van der Waals surface area contributed by atoms with E-state index in [2.05, 4.69) is 25.8 Å². The largest absolute Gasteiger partial charge is 0.361 e. The number of carbonyl (C=O) groups is 3. The zero-order valence-corrected chi connectivity index (χ0v) is 23.9. The molecule has 41 heavy (non-hydrogen) atoms. The first-order chi connectivity index (χ1) is 19.9. The van der Waals surface area contributed by atoms with Crippen molar-refractivity contribution in [2.45, 2.75) is 57.2 Å². The summed E-state index contributed by atoms with van der Waals surface area (Å²) >= 11 is 0. The number of anilines is 1. The highest BCUT2D eigenvalue weighted by atomic mass is 16.2. The number of nitrogens with one attached hydrogen (secondary N) is 4. The average Bonchev–Trinajstić information content (AvgIpc) is 3.56. The molecule has 0 radical (unpaired) electrons. The van der Waals surface area contributed by atoms with Crippen LogP contribution in [-0.2, 0) is 9.59 Å². The van der Waals surface area contributed by atoms with Gasteiger partial charge in [0, 0.05) is 66.5 Å². The Bertz CT molecular complexity index is 1380. The number of fused-ring (bicyclic) bond motifs is 2. The van der Waals surface area contributed by atoms with Gasteiger partial charge in [-0.25, -0.2) is 4.79 Å². The van der Waals surface area contributed by atoms with Crippen LogP contribution in [0.25, 0.3) is 10.9 Å². The van der Waals surface area contributed by atoms with E-state index in [1.54, 1.807) is 4.90 Å². The summed E-state index contributed by atoms with van der Waals surface area (Å²) in [4.78, 5) is 47.0. The molecule has 10 heteroatoms. The lowest BCUT2D eigenvalue weighted by molar-refractivity contribution is -0.124. The lowest BCUT2D eigenvalue weighted by Crippen LogP contribution is -2.58. The van der Waals surface area contributed by atoms with E-state index in [1.165, 1.54) is 0 Å². The molecule has 0 aliphatic carbocycles. The predicted octanol–water partition coefficient (Wildman–Crippen LogP) is 3.29. The van der Waals surface area contributed by atoms with Crippen LogP contribution in [0.4, 0.5) is 10.5 Å². The van der Waals surface area contributed by atoms with Crippen LogP contribution < -0.4 is 21.7 Å². The molecule has 3 heterocycles. The van der Waals surface area contributed by atoms with Crippen LogP contribution in [0.5, 0.6) is 0 Å². The first-order valence-corrected chi connectivity index (χ1v) is 14.6. The van der Waals surface area contributed by atoms with E-state index in [0.717, 1.165) is 47.0 Å². The Morgan fingerprint density at radius 3 is 2.51 bits per heavy atom. The molecule has 6 N–H and O–H groups in total. The quantitative estimate of drug-likeness (QED) is 0.243. The molecular weight excluding hydrogens is 518 g/mol. The van der Waals surface area contributed by atoms with Crippen molar-refractivity contribution in [3.05, 3.63) is 65.9 Å². The smallest absolute Gasteiger partial charge is 0.318 e. The second-order valence-electron chi connectivity index (χ2n) is 11.2. The average molecular weight is 560 g/mol. The molecule has 0 bridgehead atoms. The van der Waals surface area contributed by atoms with Gasteiger partial charge in [0.05, 0.1) is 0 Å². The van der Waals surface area contributed by atoms with Crippen molar-refractivity contribution in [1.82, 2.24) is 25.4 Å². The van der Waals surface area contributed by atoms with Gasteiger partial charge in [0.25, 0.3) is 0 Å². The number of para-hydroxylation sites is 2. The highest BCUT2D eigenvalue weighted by Crippen LogP contribution is 2.35. The Morgan fingerprint density at radius 2 is 1.73 bits per heavy atom. The minimum Gasteiger partial charge on any atom is -0.361 e. The van der Waals surface area contributed by atoms with E-state index >= 15 is 0 Å². The summed E-state index contributed by atoms with van der Waals surface area (Å²) in [5.74, 6) is -0.505. The second-order valence-corrected chi connectivity index (χ2v) is 11.2. The fraction of sp³-hybridized carbons (Fsp3) is 0.452. The van der Waals surface area contributed by atoms with Gasteiger partial charge in [-0.05, 0) is 44.0 Å². The van der Waals surface area contributed by atoms with Crippen molar-refractivity contribution in [3.63, 3.8) is 0 Å². The number of hydrogen-bond acceptors (Lipinski definition) is 5. The van der Waals surface area contributed by atoms with Gasteiger partial charge in [0.15, 0.2) is 0 Å². The van der Waals surface area contributed by atoms with Crippen molar-refractivity contribution < 1.29 is 14.4 Å². The molecule has 1 unspecified atom stereocenters. The summed E-state index contributed by atoms with van der Waals surface area (Å²) in [6.45, 7) is 6.64. The number of piperazine rings is 1. The van der Waals surface area contributed by atoms with E-state index in [4.69, 9.17) is 5.73 Å². The monoisotopic (exact) mass is 559 g/mol. The molecule has 1 fully saturated rings. The molecule has 2 aromatic carbocycles. The molecule has 0 saturated carbocycles. The Balaban J connectivity index is 1.27. The van der Waals surface area contributed by atoms with Gasteiger partial charge in [0.1, 0.15) is 12.1 Å². The fourth-order valence-electron chi connectivity index (χ4n) is 6.03. The summed E-state index contributed by atoms with van der Waals surface area (Å²) in [5, 5.41) is 10.2. The Hall–Kier alpha value is -3.89. The first kappa shape index (κ1) is 28.6. The summed E-state index contributed by atoms with van der Waals surface area (Å²) in [7, 11) is 0. The summed E-state index contributed by atoms with van der Waals surface area (Å²) in [5.41, 5.74) is 9.42. The fourth-order valence-corrected chi connectivity index (χ4v) is 6.03. The van der Waals surface area contributed by atoms with Crippen LogP contribution in [0.2, 0.25) is 0 Å². The molecule has 10 nitrogen and oxygen atoms in total. The van der Waals surface area contributed by atoms with Crippen molar-refractivity contribution in [2.24, 2.45) is 5.73 Å². The van der Waals surface area contributed by atoms with Crippen LogP contribution in [0.3, 0.4) is 0 Å². The van der Waals surface area contributed by atoms with E-state index in [-0.39, 0.29) is 35.8 Å². The van der Waals surface area contributed by atoms with Gasteiger partial charge in [-0.15, -0.1) is 0 Å². The second kappa shape index (κ2) is 12.7. The van der Waals surface area contributed by atoms with E-state index in [1.807, 2.05) is 68.6 Å². The van der Waals surface area contributed by atoms with E-state index < -0.39 is 6.04 Å². The Morgan fingerprint density at radius 1 is 1.00 bits per heavy atom. The standard InChI is InChI=1S/C31H41N7O3/c1-20(9-7-8-14-32)34-29(39)27(21(2)24-19-33-25-12-5-3-10-22(24)25)36-31(41)38-17-15-37(16-18-38)28-23-11-4-6-13-26(23)35-30(28)40/h3-6,10-13,19-21,27-28,33H,7-9,14-18,32H2,1-2H3,(H,34,39)(H,35,40)(H,36,41)/t20-,21+,27-,28?/m1/s1. The number of hydrogen-bond donors (Lipinski definition) is 5. The molecule has 5 rings (SSSR count). The normalized spacial score (nSPS) is 19.3. The molecule has 4 amide bonds. The molecule has 218 valence electrons. The molecule has 1 saturated heterocycles. The number of carbonyl (C=O) groups excluding carboxylic acids is 3. The Labute approximate surface area is 241 Å². The van der Waals surface area contributed by atoms with Crippen LogP contribution >= 0.6 is 0 Å². The number of nitrogens with zero attached hydrogens (tertiary/aromatic N) is 2. The SMILES string of the molecule is C[C@H](CCCCN)NC(=O)[C@H](NC(=O)N1CCN(C2C(=O)Nc3ccccc32)CC1)[C@@H](C)c1c[nH]c2ccccc12. The number of benzene rings is 2. The topological polar surface area (TPSA) is 136 Å². The zero-order chi connectivity index (χ0) is 28.9. The van der Waals surface area contributed by atoms with Crippen molar-refractivity contribution in [2.75, 3.05) is 38.0 Å². The summed E-state index contributed by atoms with van der Waals surface area (Å²) in [6.07, 6.45) is 4.59. The molecule has 0 spiro atoms. The van der Waals surface area contributed by atoms with Crippen molar-refractivity contribution >= 4 is 34.4 Å². The third-order valence-electron chi connectivity index (χ3n) is 8.38. The molecule has 4 atom stereocenters. The molecule has 2 aliphatic heterocycles. The minimum absolute atomic E-state index is 0.0334. The number of urea groups is 1. The van der Waals surface area contributed by atoms with Crippen LogP contribution in [0.15, 0.2) is 54.7 Å². The third kappa shape index (κ3) is 6.23. The van der Waals surface area contributed by atoms with Gasteiger partial charge < -0.3 is 31.6 Å². The lowest BCUT2D eigenvalue weighted by atomic mass is 9.92. The number of aromatic nitrogens is 1. The van der Waals surface area contributed by atoms with Crippen LogP contribution in [0.1, 0.15) is 56.2 Å². The maximum atomic E-state index is 13.6. The molecule has 2 aliphatic rings. The first-order valence-electron chi connectivity index (χ1n) is 14.6. The molecular formula is C31H41N7O3. The van der Waals surface area contributed by atoms with Gasteiger partial charge >= 0.3 is 6.03 Å². The van der Waals surface area contributed by atoms with Crippen molar-refractivity contribution in [3.8, 4) is 0 Å². The number of H-pyrrole nitrogens is 1. The van der Waals surface area contributed by atoms with Gasteiger partial charge in [-0.2, -0.15) is 0 Å². The van der Waals surface area contributed by atoms with E-state index in [9.17, 15) is 14.4 Å². The van der Waals surface area contributed by atoms with Crippen molar-refractivity contribution in [1.29, 1.82) is 0 Å². The van der Waals surface area contributed by atoms with Crippen LogP contribution in [-0.4, -0.2) is 77.4 Å². The number of aromatic amines is 1. The van der Waals surface area contributed by atoms with Gasteiger partial charge in [-0.3, -0.25) is 14.5 Å². The maximum Gasteiger partial charge on any atom is 0.318 e. The molecule has 1 aromatic heterocycles. The van der Waals surface area contributed by atoms with Gasteiger partial charge in [-0.1, -0.05) is 49.7 Å². The number of nitrogens with two attached hydrogens (primary N) is 1. The van der Waals surface area contributed by atoms with Gasteiger partial charge in [0.2, 0.25) is 11.8 Å². The zero-order valence-electron chi connectivity index (χ0n) is 23.9. The molecule has 3 aromatic rings. The van der Waals surface area contributed by atoms with E-state index in [0.29, 0.717) is 32.7 Å².